The van der Waals surface area contributed by atoms with Crippen molar-refractivity contribution in [2.24, 2.45) is 13.0 Å². The molecule has 10 nitrogen and oxygen atoms in total. The second-order valence-electron chi connectivity index (χ2n) is 13.8. The normalized spacial score (nSPS) is 19.6. The van der Waals surface area contributed by atoms with Gasteiger partial charge in [0.1, 0.15) is 33.8 Å². The van der Waals surface area contributed by atoms with Crippen LogP contribution in [0.2, 0.25) is 0 Å². The topological polar surface area (TPSA) is 116 Å². The molecule has 0 radical (unpaired) electrons. The highest BCUT2D eigenvalue weighted by Crippen LogP contribution is 2.49. The molecule has 2 aliphatic rings. The van der Waals surface area contributed by atoms with E-state index in [-0.39, 0.29) is 34.5 Å². The van der Waals surface area contributed by atoms with Crippen LogP contribution in [0.25, 0.3) is 21.9 Å². The summed E-state index contributed by atoms with van der Waals surface area (Å²) in [4.78, 5) is 31.0. The average molecular weight is 759 g/mol. The van der Waals surface area contributed by atoms with Crippen molar-refractivity contribution in [1.82, 2.24) is 14.5 Å². The van der Waals surface area contributed by atoms with Gasteiger partial charge in [0.15, 0.2) is 5.43 Å². The van der Waals surface area contributed by atoms with Gasteiger partial charge in [0, 0.05) is 84.3 Å². The molecule has 5 aromatic rings. The maximum atomic E-state index is 12.5. The number of rotatable bonds is 7. The van der Waals surface area contributed by atoms with Gasteiger partial charge in [-0.1, -0.05) is 23.8 Å². The lowest BCUT2D eigenvalue weighted by atomic mass is 9.69. The van der Waals surface area contributed by atoms with Crippen LogP contribution < -0.4 is 10.2 Å². The number of halogens is 1. The van der Waals surface area contributed by atoms with Crippen LogP contribution in [0.5, 0.6) is 11.5 Å². The summed E-state index contributed by atoms with van der Waals surface area (Å²) in [5, 5.41) is 11.5. The number of piperidine rings is 1. The molecule has 1 N–H and O–H groups in total. The SMILES string of the molecule is COC12CC(COC(=O)c3cncc(Br)c3)CN(C)C1Cc1cn(C)c3cccc2c13.COc1cc(O)c2c(=O)cc(C)oc2c1CC=C(C)C. The Bertz CT molecular complexity index is 2200. The zero-order chi connectivity index (χ0) is 36.6. The van der Waals surface area contributed by atoms with Crippen molar-refractivity contribution in [2.45, 2.75) is 51.7 Å². The predicted octanol–water partition coefficient (Wildman–Crippen LogP) is 7.24. The van der Waals surface area contributed by atoms with Crippen LogP contribution in [-0.2, 0) is 35.0 Å². The molecular weight excluding hydrogens is 714 g/mol. The van der Waals surface area contributed by atoms with Crippen LogP contribution in [0.1, 0.15) is 53.1 Å². The number of phenolic OH excluding ortho intramolecular Hbond substituents is 1. The van der Waals surface area contributed by atoms with Gasteiger partial charge in [-0.2, -0.15) is 0 Å². The Morgan fingerprint density at radius 2 is 1.94 bits per heavy atom. The number of benzene rings is 2. The van der Waals surface area contributed by atoms with Gasteiger partial charge in [-0.15, -0.1) is 0 Å². The fraction of sp³-hybridized carbons (Fsp3) is 0.375. The van der Waals surface area contributed by atoms with Crippen molar-refractivity contribution in [3.05, 3.63) is 109 Å². The summed E-state index contributed by atoms with van der Waals surface area (Å²) in [7, 11) is 7.60. The number of hydrogen-bond donors (Lipinski definition) is 1. The van der Waals surface area contributed by atoms with Crippen LogP contribution in [0.4, 0.5) is 0 Å². The number of methoxy groups -OCH3 is 2. The van der Waals surface area contributed by atoms with E-state index in [9.17, 15) is 14.7 Å². The molecule has 1 fully saturated rings. The molecule has 1 aliphatic heterocycles. The summed E-state index contributed by atoms with van der Waals surface area (Å²) >= 11 is 3.35. The summed E-state index contributed by atoms with van der Waals surface area (Å²) < 4.78 is 26.0. The number of phenols is 1. The fourth-order valence-corrected chi connectivity index (χ4v) is 8.13. The minimum absolute atomic E-state index is 0.119. The van der Waals surface area contributed by atoms with Gasteiger partial charge in [0.25, 0.3) is 0 Å². The smallest absolute Gasteiger partial charge is 0.339 e. The Morgan fingerprint density at radius 3 is 2.65 bits per heavy atom. The number of aryl methyl sites for hydroxylation is 2. The minimum atomic E-state index is -0.421. The first kappa shape index (κ1) is 36.3. The lowest BCUT2D eigenvalue weighted by Crippen LogP contribution is -2.59. The van der Waals surface area contributed by atoms with E-state index in [2.05, 4.69) is 68.9 Å². The largest absolute Gasteiger partial charge is 0.507 e. The van der Waals surface area contributed by atoms with Crippen LogP contribution in [0, 0.1) is 12.8 Å². The number of aromatic nitrogens is 2. The van der Waals surface area contributed by atoms with Gasteiger partial charge in [0.05, 0.1) is 19.3 Å². The number of pyridine rings is 1. The number of fused-ring (bicyclic) bond motifs is 3. The Hall–Kier alpha value is -4.45. The lowest BCUT2D eigenvalue weighted by Gasteiger charge is -2.53. The molecule has 4 heterocycles. The van der Waals surface area contributed by atoms with Gasteiger partial charge >= 0.3 is 5.97 Å². The summed E-state index contributed by atoms with van der Waals surface area (Å²) in [6.07, 6.45) is 9.81. The first-order valence-electron chi connectivity index (χ1n) is 16.9. The molecule has 3 aromatic heterocycles. The fourth-order valence-electron chi connectivity index (χ4n) is 7.77. The van der Waals surface area contributed by atoms with Crippen molar-refractivity contribution >= 4 is 43.8 Å². The van der Waals surface area contributed by atoms with Gasteiger partial charge < -0.3 is 28.3 Å². The molecule has 3 atom stereocenters. The van der Waals surface area contributed by atoms with E-state index in [1.165, 1.54) is 47.5 Å². The van der Waals surface area contributed by atoms with E-state index in [1.807, 2.05) is 27.0 Å². The number of carbonyl (C=O) groups excluding carboxylic acids is 1. The number of allylic oxidation sites excluding steroid dienone is 2. The van der Waals surface area contributed by atoms with Crippen molar-refractivity contribution in [3.63, 3.8) is 0 Å². The van der Waals surface area contributed by atoms with Crippen LogP contribution in [-0.4, -0.2) is 66.0 Å². The molecule has 3 unspecified atom stereocenters. The van der Waals surface area contributed by atoms with E-state index in [0.29, 0.717) is 35.7 Å². The number of likely N-dealkylation sites (tertiary alicyclic amines) is 1. The number of likely N-dealkylation sites (N-methyl/N-ethyl adjacent to an activating group) is 1. The third-order valence-electron chi connectivity index (χ3n) is 10.0. The van der Waals surface area contributed by atoms with Crippen molar-refractivity contribution < 1.29 is 28.5 Å². The van der Waals surface area contributed by atoms with Gasteiger partial charge in [-0.3, -0.25) is 14.7 Å². The first-order chi connectivity index (χ1) is 24.4. The van der Waals surface area contributed by atoms with Crippen LogP contribution in [0.15, 0.2) is 80.3 Å². The standard InChI is InChI=1S/C24H26BrN3O3.C16H18O4/c1-27-13-17-8-21-24(30-3,19-5-4-6-20(27)22(17)19)9-15(12-28(21)2)14-31-23(29)16-7-18(25)11-26-10-16;1-9(2)5-6-11-14(19-4)8-13(18)15-12(17)7-10(3)20-16(11)15/h4-7,10-11,13,15,21H,8-9,12,14H2,1-3H3;5,7-8,18H,6H2,1-4H3. The second kappa shape index (κ2) is 14.7. The van der Waals surface area contributed by atoms with E-state index in [1.54, 1.807) is 19.2 Å². The Morgan fingerprint density at radius 1 is 1.16 bits per heavy atom. The maximum Gasteiger partial charge on any atom is 0.339 e. The van der Waals surface area contributed by atoms with E-state index >= 15 is 0 Å². The summed E-state index contributed by atoms with van der Waals surface area (Å²) in [6.45, 7) is 6.91. The van der Waals surface area contributed by atoms with E-state index in [0.717, 1.165) is 35.0 Å². The Balaban J connectivity index is 0.000000194. The highest BCUT2D eigenvalue weighted by Gasteiger charge is 2.52. The number of hydrogen-bond acceptors (Lipinski definition) is 9. The molecule has 0 spiro atoms. The molecular formula is C40H44BrN3O7. The van der Waals surface area contributed by atoms with E-state index in [4.69, 9.17) is 18.6 Å². The van der Waals surface area contributed by atoms with Gasteiger partial charge in [-0.05, 0) is 86.3 Å². The van der Waals surface area contributed by atoms with E-state index < -0.39 is 5.60 Å². The lowest BCUT2D eigenvalue weighted by molar-refractivity contribution is -0.131. The molecule has 1 aliphatic carbocycles. The summed E-state index contributed by atoms with van der Waals surface area (Å²) in [5.41, 5.74) is 5.96. The molecule has 1 saturated heterocycles. The Labute approximate surface area is 305 Å². The van der Waals surface area contributed by atoms with Crippen LogP contribution in [0.3, 0.4) is 0 Å². The Kier molecular flexibility index (Phi) is 10.4. The number of nitrogens with zero attached hydrogens (tertiary/aromatic N) is 3. The number of aromatic hydroxyl groups is 1. The monoisotopic (exact) mass is 757 g/mol. The van der Waals surface area contributed by atoms with Gasteiger partial charge in [0.2, 0.25) is 0 Å². The molecule has 268 valence electrons. The summed E-state index contributed by atoms with van der Waals surface area (Å²) in [6, 6.07) is 11.3. The van der Waals surface area contributed by atoms with Crippen molar-refractivity contribution in [2.75, 3.05) is 34.4 Å². The minimum Gasteiger partial charge on any atom is -0.507 e. The third kappa shape index (κ3) is 6.94. The van der Waals surface area contributed by atoms with Gasteiger partial charge in [-0.25, -0.2) is 4.79 Å². The first-order valence-corrected chi connectivity index (χ1v) is 17.7. The molecule has 11 heteroatoms. The number of ether oxygens (including phenoxy) is 3. The van der Waals surface area contributed by atoms with Crippen molar-refractivity contribution in [1.29, 1.82) is 0 Å². The zero-order valence-corrected chi connectivity index (χ0v) is 31.7. The number of esters is 1. The molecule has 2 aromatic carbocycles. The zero-order valence-electron chi connectivity index (χ0n) is 30.1. The molecule has 0 saturated carbocycles. The molecule has 51 heavy (non-hydrogen) atoms. The molecule has 0 amide bonds. The summed E-state index contributed by atoms with van der Waals surface area (Å²) in [5.74, 6) is 0.730. The highest BCUT2D eigenvalue weighted by molar-refractivity contribution is 9.10. The van der Waals surface area contributed by atoms with Crippen LogP contribution >= 0.6 is 15.9 Å². The van der Waals surface area contributed by atoms with Crippen molar-refractivity contribution in [3.8, 4) is 11.5 Å². The maximum absolute atomic E-state index is 12.5. The molecule has 0 bridgehead atoms. The average Bonchev–Trinajstić information content (AvgIpc) is 3.42. The second-order valence-corrected chi connectivity index (χ2v) is 14.7. The predicted molar refractivity (Wildman–Crippen MR) is 201 cm³/mol. The third-order valence-corrected chi connectivity index (χ3v) is 10.5. The molecule has 7 rings (SSSR count). The quantitative estimate of drug-likeness (QED) is 0.136. The highest BCUT2D eigenvalue weighted by atomic mass is 79.9. The number of carbonyl (C=O) groups is 1.